The number of aromatic nitrogens is 4. The molecule has 1 fully saturated rings. The predicted octanol–water partition coefficient (Wildman–Crippen LogP) is 5.75. The van der Waals surface area contributed by atoms with Crippen LogP contribution in [0.2, 0.25) is 0 Å². The van der Waals surface area contributed by atoms with E-state index in [1.54, 1.807) is 24.5 Å². The molecule has 1 aliphatic heterocycles. The topological polar surface area (TPSA) is 73.1 Å². The number of hydrogen-bond acceptors (Lipinski definition) is 6. The number of nitrogens with zero attached hydrogens (tertiary/aromatic N) is 5. The fourth-order valence-electron chi connectivity index (χ4n) is 4.43. The summed E-state index contributed by atoms with van der Waals surface area (Å²) < 4.78 is 36.4. The first-order chi connectivity index (χ1) is 17.4. The van der Waals surface area contributed by atoms with Gasteiger partial charge in [-0.05, 0) is 60.0 Å². The van der Waals surface area contributed by atoms with Crippen molar-refractivity contribution in [3.05, 3.63) is 71.1 Å². The Morgan fingerprint density at radius 3 is 2.72 bits per heavy atom. The van der Waals surface area contributed by atoms with Crippen LogP contribution in [0.5, 0.6) is 0 Å². The van der Waals surface area contributed by atoms with Gasteiger partial charge in [0.1, 0.15) is 5.52 Å². The van der Waals surface area contributed by atoms with Crippen LogP contribution in [-0.2, 0) is 15.5 Å². The minimum Gasteiger partial charge on any atom is -0.461 e. The number of halogens is 3. The molecule has 10 heteroatoms. The van der Waals surface area contributed by atoms with Gasteiger partial charge in [-0.15, -0.1) is 0 Å². The SMILES string of the molecule is CCOC(=O)C(F)(F)c1cccc(N2CCC(n3cc(-c4cnc5cccc(Br)c5n4)cn3)CC2)c1. The van der Waals surface area contributed by atoms with Gasteiger partial charge in [0.25, 0.3) is 0 Å². The second-order valence-electron chi connectivity index (χ2n) is 8.64. The average Bonchev–Trinajstić information content (AvgIpc) is 3.39. The lowest BCUT2D eigenvalue weighted by atomic mass is 10.0. The van der Waals surface area contributed by atoms with E-state index in [0.717, 1.165) is 39.6 Å². The van der Waals surface area contributed by atoms with E-state index in [2.05, 4.69) is 35.6 Å². The Balaban J connectivity index is 1.27. The lowest BCUT2D eigenvalue weighted by Crippen LogP contribution is -2.35. The summed E-state index contributed by atoms with van der Waals surface area (Å²) in [6, 6.07) is 11.9. The molecule has 7 nitrogen and oxygen atoms in total. The summed E-state index contributed by atoms with van der Waals surface area (Å²) in [5.74, 6) is -5.21. The Morgan fingerprint density at radius 2 is 1.94 bits per heavy atom. The number of carbonyl (C=O) groups excluding carboxylic acids is 1. The molecule has 186 valence electrons. The van der Waals surface area contributed by atoms with Crippen LogP contribution >= 0.6 is 15.9 Å². The van der Waals surface area contributed by atoms with Crippen LogP contribution in [-0.4, -0.2) is 45.4 Å². The molecule has 0 aliphatic carbocycles. The van der Waals surface area contributed by atoms with Gasteiger partial charge in [-0.25, -0.2) is 9.78 Å². The molecule has 0 unspecified atom stereocenters. The highest BCUT2D eigenvalue weighted by Gasteiger charge is 2.43. The molecule has 4 aromatic rings. The third kappa shape index (κ3) is 4.69. The fraction of sp³-hybridized carbons (Fsp3) is 0.308. The lowest BCUT2D eigenvalue weighted by molar-refractivity contribution is -0.173. The molecule has 0 spiro atoms. The zero-order valence-electron chi connectivity index (χ0n) is 19.6. The molecule has 1 aliphatic rings. The minimum absolute atomic E-state index is 0.0955. The molecular formula is C26H24BrF2N5O2. The highest BCUT2D eigenvalue weighted by atomic mass is 79.9. The van der Waals surface area contributed by atoms with Crippen LogP contribution in [0.1, 0.15) is 31.4 Å². The van der Waals surface area contributed by atoms with Crippen LogP contribution in [0.3, 0.4) is 0 Å². The number of esters is 1. The van der Waals surface area contributed by atoms with Crippen molar-refractivity contribution in [1.29, 1.82) is 0 Å². The van der Waals surface area contributed by atoms with E-state index in [0.29, 0.717) is 18.8 Å². The number of ether oxygens (including phenoxy) is 1. The number of anilines is 1. The largest absolute Gasteiger partial charge is 0.461 e. The Bertz CT molecular complexity index is 1400. The second-order valence-corrected chi connectivity index (χ2v) is 9.49. The third-order valence-corrected chi connectivity index (χ3v) is 7.01. The quantitative estimate of drug-likeness (QED) is 0.282. The summed E-state index contributed by atoms with van der Waals surface area (Å²) in [4.78, 5) is 23.0. The van der Waals surface area contributed by atoms with Crippen molar-refractivity contribution in [3.8, 4) is 11.3 Å². The zero-order chi connectivity index (χ0) is 25.3. The number of piperidine rings is 1. The Morgan fingerprint density at radius 1 is 1.17 bits per heavy atom. The van der Waals surface area contributed by atoms with Crippen molar-refractivity contribution in [1.82, 2.24) is 19.7 Å². The van der Waals surface area contributed by atoms with Gasteiger partial charge in [0, 0.05) is 40.6 Å². The molecule has 0 amide bonds. The van der Waals surface area contributed by atoms with Crippen LogP contribution in [0, 0.1) is 0 Å². The van der Waals surface area contributed by atoms with Crippen molar-refractivity contribution >= 4 is 38.6 Å². The molecule has 36 heavy (non-hydrogen) atoms. The van der Waals surface area contributed by atoms with Crippen LogP contribution in [0.25, 0.3) is 22.3 Å². The van der Waals surface area contributed by atoms with E-state index in [-0.39, 0.29) is 18.2 Å². The van der Waals surface area contributed by atoms with Crippen molar-refractivity contribution in [2.45, 2.75) is 31.7 Å². The van der Waals surface area contributed by atoms with Gasteiger partial charge >= 0.3 is 11.9 Å². The Hall–Kier alpha value is -3.40. The van der Waals surface area contributed by atoms with Gasteiger partial charge in [-0.3, -0.25) is 9.67 Å². The first-order valence-corrected chi connectivity index (χ1v) is 12.5. The average molecular weight is 556 g/mol. The zero-order valence-corrected chi connectivity index (χ0v) is 21.2. The van der Waals surface area contributed by atoms with Crippen molar-refractivity contribution < 1.29 is 18.3 Å². The van der Waals surface area contributed by atoms with E-state index in [4.69, 9.17) is 4.98 Å². The van der Waals surface area contributed by atoms with Crippen LogP contribution < -0.4 is 4.90 Å². The first-order valence-electron chi connectivity index (χ1n) is 11.7. The molecule has 0 radical (unpaired) electrons. The molecule has 5 rings (SSSR count). The molecule has 2 aromatic heterocycles. The molecule has 0 saturated carbocycles. The normalized spacial score (nSPS) is 14.8. The summed E-state index contributed by atoms with van der Waals surface area (Å²) >= 11 is 3.53. The maximum Gasteiger partial charge on any atom is 0.381 e. The number of fused-ring (bicyclic) bond motifs is 1. The summed E-state index contributed by atoms with van der Waals surface area (Å²) in [6.45, 7) is 2.77. The molecule has 0 atom stereocenters. The Labute approximate surface area is 215 Å². The summed E-state index contributed by atoms with van der Waals surface area (Å²) in [5, 5.41) is 4.57. The predicted molar refractivity (Wildman–Crippen MR) is 136 cm³/mol. The number of benzene rings is 2. The maximum absolute atomic E-state index is 14.5. The van der Waals surface area contributed by atoms with Crippen molar-refractivity contribution in [3.63, 3.8) is 0 Å². The second kappa shape index (κ2) is 9.93. The molecule has 1 saturated heterocycles. The number of carbonyl (C=O) groups is 1. The first kappa shape index (κ1) is 24.3. The van der Waals surface area contributed by atoms with Crippen LogP contribution in [0.15, 0.2) is 65.5 Å². The molecule has 0 N–H and O–H groups in total. The summed E-state index contributed by atoms with van der Waals surface area (Å²) in [7, 11) is 0. The van der Waals surface area contributed by atoms with Gasteiger partial charge < -0.3 is 9.64 Å². The molecule has 0 bridgehead atoms. The molecule has 3 heterocycles. The molecule has 2 aromatic carbocycles. The van der Waals surface area contributed by atoms with Crippen LogP contribution in [0.4, 0.5) is 14.5 Å². The van der Waals surface area contributed by atoms with Crippen molar-refractivity contribution in [2.24, 2.45) is 0 Å². The van der Waals surface area contributed by atoms with Gasteiger partial charge in [-0.2, -0.15) is 13.9 Å². The highest BCUT2D eigenvalue weighted by molar-refractivity contribution is 9.10. The van der Waals surface area contributed by atoms with Gasteiger partial charge in [0.15, 0.2) is 0 Å². The maximum atomic E-state index is 14.5. The van der Waals surface area contributed by atoms with Gasteiger partial charge in [-0.1, -0.05) is 18.2 Å². The van der Waals surface area contributed by atoms with E-state index in [1.807, 2.05) is 29.1 Å². The summed E-state index contributed by atoms with van der Waals surface area (Å²) in [6.07, 6.45) is 7.12. The van der Waals surface area contributed by atoms with Crippen molar-refractivity contribution in [2.75, 3.05) is 24.6 Å². The fourth-order valence-corrected chi connectivity index (χ4v) is 4.88. The highest BCUT2D eigenvalue weighted by Crippen LogP contribution is 2.34. The minimum atomic E-state index is -3.68. The number of alkyl halides is 2. The van der Waals surface area contributed by atoms with Gasteiger partial charge in [0.05, 0.1) is 36.3 Å². The lowest BCUT2D eigenvalue weighted by Gasteiger charge is -2.34. The smallest absolute Gasteiger partial charge is 0.381 e. The number of rotatable bonds is 6. The standard InChI is InChI=1S/C26H24BrF2N5O2/c1-2-36-25(35)26(28,29)18-5-3-6-20(13-18)33-11-9-19(10-12-33)34-16-17(14-31-34)23-15-30-22-8-4-7-21(27)24(22)32-23/h3-8,13-16,19H,2,9-12H2,1H3. The van der Waals surface area contributed by atoms with E-state index in [9.17, 15) is 13.6 Å². The number of para-hydroxylation sites is 1. The molecular weight excluding hydrogens is 532 g/mol. The summed E-state index contributed by atoms with van der Waals surface area (Å²) in [5.41, 5.74) is 3.55. The van der Waals surface area contributed by atoms with Gasteiger partial charge in [0.2, 0.25) is 0 Å². The van der Waals surface area contributed by atoms with E-state index in [1.165, 1.54) is 19.1 Å². The monoisotopic (exact) mass is 555 g/mol. The third-order valence-electron chi connectivity index (χ3n) is 6.37. The Kier molecular flexibility index (Phi) is 6.70. The van der Waals surface area contributed by atoms with E-state index >= 15 is 0 Å². The number of hydrogen-bond donors (Lipinski definition) is 0. The van der Waals surface area contributed by atoms with E-state index < -0.39 is 11.9 Å².